The van der Waals surface area contributed by atoms with Crippen LogP contribution in [0, 0.1) is 0 Å². The van der Waals surface area contributed by atoms with Crippen molar-refractivity contribution in [3.05, 3.63) is 41.5 Å². The molecule has 0 spiro atoms. The van der Waals surface area contributed by atoms with Crippen LogP contribution >= 0.6 is 0 Å². The molecule has 0 unspecified atom stereocenters. The molecular formula is C32H52NaO3S. The summed E-state index contributed by atoms with van der Waals surface area (Å²) < 4.78 is 35.4. The molecule has 0 saturated carbocycles. The smallest absolute Gasteiger partial charge is 0.282 e. The van der Waals surface area contributed by atoms with Gasteiger partial charge in [-0.2, -0.15) is 8.42 Å². The van der Waals surface area contributed by atoms with Crippen molar-refractivity contribution in [2.45, 2.75) is 147 Å². The van der Waals surface area contributed by atoms with Crippen LogP contribution in [-0.4, -0.2) is 42.5 Å². The SMILES string of the molecule is CCCCCCCCCCCc1cc2ccccc2c(S(=O)(=O)O)c1CCCCCCCCCCC.[Na]. The number of unbranched alkanes of at least 4 members (excludes halogenated alkanes) is 16. The fourth-order valence-electron chi connectivity index (χ4n) is 5.44. The van der Waals surface area contributed by atoms with Crippen LogP contribution in [-0.2, 0) is 23.0 Å². The standard InChI is InChI=1S/C32H52O3S.Na/c1-3-5-7-9-11-13-15-17-19-23-28-27-29-24-21-22-26-31(29)32(36(33,34)35)30(28)25-20-18-16-14-12-10-8-6-4-2;/h21-22,24,26-27H,3-20,23,25H2,1-2H3,(H,33,34,35);. The first-order chi connectivity index (χ1) is 17.5. The molecule has 0 bridgehead atoms. The van der Waals surface area contributed by atoms with E-state index in [9.17, 15) is 13.0 Å². The second-order valence-electron chi connectivity index (χ2n) is 10.7. The fourth-order valence-corrected chi connectivity index (χ4v) is 6.45. The van der Waals surface area contributed by atoms with Gasteiger partial charge in [0.05, 0.1) is 0 Å². The van der Waals surface area contributed by atoms with Gasteiger partial charge in [0, 0.05) is 34.9 Å². The molecule has 0 atom stereocenters. The van der Waals surface area contributed by atoms with E-state index in [1.807, 2.05) is 24.3 Å². The molecule has 1 radical (unpaired) electrons. The Balaban J connectivity index is 0.00000684. The van der Waals surface area contributed by atoms with E-state index in [0.29, 0.717) is 5.39 Å². The molecule has 0 aliphatic carbocycles. The molecule has 5 heteroatoms. The molecule has 2 rings (SSSR count). The van der Waals surface area contributed by atoms with Crippen molar-refractivity contribution in [2.24, 2.45) is 0 Å². The van der Waals surface area contributed by atoms with E-state index >= 15 is 0 Å². The van der Waals surface area contributed by atoms with Crippen LogP contribution in [0.3, 0.4) is 0 Å². The summed E-state index contributed by atoms with van der Waals surface area (Å²) in [5.41, 5.74) is 1.97. The van der Waals surface area contributed by atoms with Gasteiger partial charge in [0.1, 0.15) is 4.90 Å². The Labute approximate surface area is 250 Å². The molecule has 0 aliphatic rings. The van der Waals surface area contributed by atoms with Crippen molar-refractivity contribution >= 4 is 50.4 Å². The molecule has 0 amide bonds. The molecule has 0 heterocycles. The predicted octanol–water partition coefficient (Wildman–Crippen LogP) is 9.85. The van der Waals surface area contributed by atoms with E-state index in [-0.39, 0.29) is 34.5 Å². The molecule has 0 aliphatic heterocycles. The zero-order valence-corrected chi connectivity index (χ0v) is 27.0. The van der Waals surface area contributed by atoms with Crippen LogP contribution in [0.2, 0.25) is 0 Å². The van der Waals surface area contributed by atoms with E-state index in [1.165, 1.54) is 96.3 Å². The largest absolute Gasteiger partial charge is 0.295 e. The summed E-state index contributed by atoms with van der Waals surface area (Å²) in [4.78, 5) is 0.158. The first-order valence-corrected chi connectivity index (χ1v) is 16.4. The van der Waals surface area contributed by atoms with Crippen molar-refractivity contribution in [2.75, 3.05) is 0 Å². The van der Waals surface area contributed by atoms with Gasteiger partial charge in [0.25, 0.3) is 10.1 Å². The third-order valence-electron chi connectivity index (χ3n) is 7.53. The van der Waals surface area contributed by atoms with E-state index in [1.54, 1.807) is 0 Å². The molecule has 3 nitrogen and oxygen atoms in total. The summed E-state index contributed by atoms with van der Waals surface area (Å²) in [7, 11) is -4.29. The number of hydrogen-bond donors (Lipinski definition) is 1. The maximum Gasteiger partial charge on any atom is 0.295 e. The fraction of sp³-hybridized carbons (Fsp3) is 0.688. The Morgan fingerprint density at radius 2 is 1.05 bits per heavy atom. The summed E-state index contributed by atoms with van der Waals surface area (Å²) in [6.07, 6.45) is 24.2. The van der Waals surface area contributed by atoms with Crippen LogP contribution in [0.15, 0.2) is 35.2 Å². The maximum absolute atomic E-state index is 12.6. The van der Waals surface area contributed by atoms with Crippen molar-refractivity contribution in [3.8, 4) is 0 Å². The van der Waals surface area contributed by atoms with Gasteiger partial charge < -0.3 is 0 Å². The quantitative estimate of drug-likeness (QED) is 0.0975. The molecule has 0 saturated heterocycles. The van der Waals surface area contributed by atoms with Crippen molar-refractivity contribution < 1.29 is 13.0 Å². The average Bonchev–Trinajstić information content (AvgIpc) is 2.85. The number of fused-ring (bicyclic) bond motifs is 1. The number of aryl methyl sites for hydroxylation is 1. The number of benzene rings is 2. The van der Waals surface area contributed by atoms with Crippen molar-refractivity contribution in [3.63, 3.8) is 0 Å². The van der Waals surface area contributed by atoms with E-state index < -0.39 is 10.1 Å². The summed E-state index contributed by atoms with van der Waals surface area (Å²) >= 11 is 0. The zero-order valence-electron chi connectivity index (χ0n) is 24.2. The Morgan fingerprint density at radius 1 is 0.622 bits per heavy atom. The third-order valence-corrected chi connectivity index (χ3v) is 8.52. The molecule has 0 aromatic heterocycles. The van der Waals surface area contributed by atoms with Gasteiger partial charge in [-0.15, -0.1) is 0 Å². The first kappa shape index (κ1) is 34.6. The Bertz CT molecular complexity index is 971. The van der Waals surface area contributed by atoms with Gasteiger partial charge in [-0.3, -0.25) is 4.55 Å². The molecule has 0 fully saturated rings. The molecule has 2 aromatic carbocycles. The summed E-state index contributed by atoms with van der Waals surface area (Å²) in [6.45, 7) is 4.50. The maximum atomic E-state index is 12.6. The summed E-state index contributed by atoms with van der Waals surface area (Å²) in [5, 5.41) is 1.56. The molecule has 205 valence electrons. The normalized spacial score (nSPS) is 11.6. The second kappa shape index (κ2) is 20.5. The third kappa shape index (κ3) is 13.5. The number of hydrogen-bond acceptors (Lipinski definition) is 2. The van der Waals surface area contributed by atoms with Gasteiger partial charge in [0.2, 0.25) is 0 Å². The second-order valence-corrected chi connectivity index (χ2v) is 12.1. The molecule has 1 N–H and O–H groups in total. The van der Waals surface area contributed by atoms with Gasteiger partial charge in [-0.05, 0) is 42.2 Å². The van der Waals surface area contributed by atoms with Gasteiger partial charge in [-0.1, -0.05) is 147 Å². The minimum Gasteiger partial charge on any atom is -0.282 e. The van der Waals surface area contributed by atoms with Crippen LogP contribution in [0.25, 0.3) is 10.8 Å². The number of rotatable bonds is 21. The summed E-state index contributed by atoms with van der Waals surface area (Å²) in [5.74, 6) is 0. The first-order valence-electron chi connectivity index (χ1n) is 15.0. The Morgan fingerprint density at radius 3 is 1.54 bits per heavy atom. The molecular weight excluding hydrogens is 487 g/mol. The average molecular weight is 540 g/mol. The van der Waals surface area contributed by atoms with Gasteiger partial charge in [0.15, 0.2) is 0 Å². The van der Waals surface area contributed by atoms with E-state index in [2.05, 4.69) is 19.9 Å². The summed E-state index contributed by atoms with van der Waals surface area (Å²) in [6, 6.07) is 9.78. The zero-order chi connectivity index (χ0) is 26.1. The van der Waals surface area contributed by atoms with Gasteiger partial charge >= 0.3 is 0 Å². The monoisotopic (exact) mass is 539 g/mol. The topological polar surface area (TPSA) is 54.4 Å². The Kier molecular flexibility index (Phi) is 19.2. The van der Waals surface area contributed by atoms with Crippen molar-refractivity contribution in [1.29, 1.82) is 0 Å². The Hall–Kier alpha value is -0.390. The minimum atomic E-state index is -4.29. The van der Waals surface area contributed by atoms with Crippen LogP contribution in [0.5, 0.6) is 0 Å². The van der Waals surface area contributed by atoms with Crippen LogP contribution in [0.4, 0.5) is 0 Å². The molecule has 2 aromatic rings. The van der Waals surface area contributed by atoms with E-state index in [0.717, 1.165) is 48.6 Å². The van der Waals surface area contributed by atoms with Crippen LogP contribution in [0.1, 0.15) is 141 Å². The van der Waals surface area contributed by atoms with Gasteiger partial charge in [-0.25, -0.2) is 0 Å². The van der Waals surface area contributed by atoms with Crippen molar-refractivity contribution in [1.82, 2.24) is 0 Å². The minimum absolute atomic E-state index is 0. The molecule has 37 heavy (non-hydrogen) atoms. The van der Waals surface area contributed by atoms with E-state index in [4.69, 9.17) is 0 Å². The van der Waals surface area contributed by atoms with Crippen LogP contribution < -0.4 is 0 Å². The predicted molar refractivity (Wildman–Crippen MR) is 161 cm³/mol.